The second-order valence-corrected chi connectivity index (χ2v) is 14.6. The number of hydrogen-bond donors (Lipinski definition) is 0. The summed E-state index contributed by atoms with van der Waals surface area (Å²) in [5.74, 6) is 0.617. The molecule has 0 saturated heterocycles. The van der Waals surface area contributed by atoms with Crippen LogP contribution < -0.4 is 0 Å². The molecule has 3 aromatic heterocycles. The van der Waals surface area contributed by atoms with Crippen LogP contribution in [0.5, 0.6) is 0 Å². The molecule has 0 aliphatic rings. The lowest BCUT2D eigenvalue weighted by atomic mass is 9.99. The summed E-state index contributed by atoms with van der Waals surface area (Å²) in [6, 6.07) is 72.0. The number of para-hydroxylation sites is 3. The van der Waals surface area contributed by atoms with Gasteiger partial charge in [0.15, 0.2) is 5.82 Å². The predicted molar refractivity (Wildman–Crippen MR) is 237 cm³/mol. The molecule has 5 heteroatoms. The zero-order chi connectivity index (χ0) is 38.6. The lowest BCUT2D eigenvalue weighted by Crippen LogP contribution is -2.00. The average molecular weight is 740 g/mol. The van der Waals surface area contributed by atoms with Crippen molar-refractivity contribution >= 4 is 43.6 Å². The Morgan fingerprint density at radius 1 is 0.345 bits per heavy atom. The normalized spacial score (nSPS) is 11.4. The fourth-order valence-electron chi connectivity index (χ4n) is 8.47. The summed E-state index contributed by atoms with van der Waals surface area (Å²) in [5.41, 5.74) is 13.6. The van der Waals surface area contributed by atoms with Crippen LogP contribution in [-0.2, 0) is 0 Å². The second-order valence-electron chi connectivity index (χ2n) is 14.6. The molecule has 0 aliphatic carbocycles. The molecule has 0 spiro atoms. The van der Waals surface area contributed by atoms with Gasteiger partial charge in [0, 0.05) is 49.6 Å². The first-order valence-corrected chi connectivity index (χ1v) is 19.4. The summed E-state index contributed by atoms with van der Waals surface area (Å²) in [6.07, 6.45) is 0. The molecule has 5 nitrogen and oxygen atoms in total. The highest BCUT2D eigenvalue weighted by atomic mass is 15.0. The van der Waals surface area contributed by atoms with E-state index in [1.54, 1.807) is 0 Å². The van der Waals surface area contributed by atoms with Crippen molar-refractivity contribution in [3.63, 3.8) is 0 Å². The summed E-state index contributed by atoms with van der Waals surface area (Å²) in [4.78, 5) is 10.5. The van der Waals surface area contributed by atoms with Crippen LogP contribution in [0, 0.1) is 11.3 Å². The van der Waals surface area contributed by atoms with Crippen molar-refractivity contribution in [2.45, 2.75) is 0 Å². The van der Waals surface area contributed by atoms with Crippen LogP contribution in [0.3, 0.4) is 0 Å². The summed E-state index contributed by atoms with van der Waals surface area (Å²) < 4.78 is 4.73. The van der Waals surface area contributed by atoms with Gasteiger partial charge in [0.25, 0.3) is 0 Å². The molecule has 8 aromatic carbocycles. The van der Waals surface area contributed by atoms with E-state index in [-0.39, 0.29) is 0 Å². The van der Waals surface area contributed by atoms with Crippen molar-refractivity contribution in [1.29, 1.82) is 5.26 Å². The van der Waals surface area contributed by atoms with E-state index in [0.29, 0.717) is 11.4 Å². The number of nitrogens with zero attached hydrogens (tertiary/aromatic N) is 5. The first-order valence-electron chi connectivity index (χ1n) is 19.4. The van der Waals surface area contributed by atoms with Crippen molar-refractivity contribution in [3.05, 3.63) is 206 Å². The van der Waals surface area contributed by atoms with Gasteiger partial charge in [0.1, 0.15) is 0 Å². The molecular formula is C53H33N5. The SMILES string of the molecule is N#Cc1cccc(-c2cc(-c3nc(-c4ccccc4)cc(-c4ccccc4)n3)cc(-n3c4ccccc4c4ccc(-n5c6ccccc6c6ccccc65)cc43)c2)c1. The van der Waals surface area contributed by atoms with E-state index in [4.69, 9.17) is 9.97 Å². The van der Waals surface area contributed by atoms with Crippen LogP contribution in [0.4, 0.5) is 0 Å². The number of hydrogen-bond acceptors (Lipinski definition) is 3. The number of nitriles is 1. The van der Waals surface area contributed by atoms with Crippen LogP contribution in [0.15, 0.2) is 200 Å². The molecule has 58 heavy (non-hydrogen) atoms. The van der Waals surface area contributed by atoms with E-state index in [9.17, 15) is 5.26 Å². The molecular weight excluding hydrogens is 707 g/mol. The van der Waals surface area contributed by atoms with E-state index in [0.717, 1.165) is 78.0 Å². The number of benzene rings is 8. The van der Waals surface area contributed by atoms with Gasteiger partial charge >= 0.3 is 0 Å². The lowest BCUT2D eigenvalue weighted by Gasteiger charge is -2.15. The standard InChI is InChI=1S/C53H33N5/c54-34-35-14-13-19-38(28-35)39-29-40(53-55-47(36-15-3-1-4-16-36)33-48(56-53)37-17-5-2-6-18-37)31-42(30-39)58-51-25-12-9-22-45(51)46-27-26-41(32-52(46)58)57-49-23-10-7-20-43(49)44-21-8-11-24-50(44)57/h1-33H. The first-order chi connectivity index (χ1) is 28.7. The van der Waals surface area contributed by atoms with Gasteiger partial charge in [-0.3, -0.25) is 0 Å². The molecule has 270 valence electrons. The molecule has 11 aromatic rings. The van der Waals surface area contributed by atoms with Crippen LogP contribution >= 0.6 is 0 Å². The Hall–Kier alpha value is -8.07. The fraction of sp³-hybridized carbons (Fsp3) is 0. The molecule has 0 bridgehead atoms. The molecule has 0 fully saturated rings. The Morgan fingerprint density at radius 3 is 1.43 bits per heavy atom. The van der Waals surface area contributed by atoms with Gasteiger partial charge in [0.05, 0.1) is 45.1 Å². The largest absolute Gasteiger partial charge is 0.309 e. The van der Waals surface area contributed by atoms with Crippen LogP contribution in [-0.4, -0.2) is 19.1 Å². The Kier molecular flexibility index (Phi) is 7.80. The highest BCUT2D eigenvalue weighted by Crippen LogP contribution is 2.39. The van der Waals surface area contributed by atoms with Crippen LogP contribution in [0.2, 0.25) is 0 Å². The van der Waals surface area contributed by atoms with E-state index < -0.39 is 0 Å². The summed E-state index contributed by atoms with van der Waals surface area (Å²) >= 11 is 0. The van der Waals surface area contributed by atoms with Crippen molar-refractivity contribution in [2.75, 3.05) is 0 Å². The minimum absolute atomic E-state index is 0.603. The van der Waals surface area contributed by atoms with E-state index in [1.165, 1.54) is 16.2 Å². The van der Waals surface area contributed by atoms with Crippen LogP contribution in [0.1, 0.15) is 5.56 Å². The highest BCUT2D eigenvalue weighted by molar-refractivity contribution is 6.12. The van der Waals surface area contributed by atoms with Crippen LogP contribution in [0.25, 0.3) is 100 Å². The monoisotopic (exact) mass is 739 g/mol. The van der Waals surface area contributed by atoms with Crippen molar-refractivity contribution in [3.8, 4) is 62.5 Å². The fourth-order valence-corrected chi connectivity index (χ4v) is 8.47. The molecule has 0 amide bonds. The van der Waals surface area contributed by atoms with E-state index in [2.05, 4.69) is 161 Å². The number of aromatic nitrogens is 4. The maximum Gasteiger partial charge on any atom is 0.160 e. The minimum Gasteiger partial charge on any atom is -0.309 e. The van der Waals surface area contributed by atoms with E-state index in [1.807, 2.05) is 54.6 Å². The molecule has 0 aliphatic heterocycles. The number of fused-ring (bicyclic) bond motifs is 6. The molecule has 0 N–H and O–H groups in total. The second kappa shape index (κ2) is 13.6. The maximum atomic E-state index is 9.92. The summed E-state index contributed by atoms with van der Waals surface area (Å²) in [5, 5.41) is 14.7. The zero-order valence-electron chi connectivity index (χ0n) is 31.3. The molecule has 0 unspecified atom stereocenters. The topological polar surface area (TPSA) is 59.4 Å². The minimum atomic E-state index is 0.603. The Morgan fingerprint density at radius 2 is 0.845 bits per heavy atom. The van der Waals surface area contributed by atoms with Crippen molar-refractivity contribution < 1.29 is 0 Å². The predicted octanol–water partition coefficient (Wildman–Crippen LogP) is 13.2. The molecule has 3 heterocycles. The molecule has 0 atom stereocenters. The third-order valence-electron chi connectivity index (χ3n) is 11.1. The molecule has 0 radical (unpaired) electrons. The summed E-state index contributed by atoms with van der Waals surface area (Å²) in [6.45, 7) is 0. The smallest absolute Gasteiger partial charge is 0.160 e. The Balaban J connectivity index is 1.20. The van der Waals surface area contributed by atoms with Gasteiger partial charge in [-0.2, -0.15) is 5.26 Å². The zero-order valence-corrected chi connectivity index (χ0v) is 31.3. The van der Waals surface area contributed by atoms with Crippen molar-refractivity contribution in [2.24, 2.45) is 0 Å². The Bertz CT molecular complexity index is 3290. The quantitative estimate of drug-likeness (QED) is 0.171. The van der Waals surface area contributed by atoms with Gasteiger partial charge in [-0.05, 0) is 77.9 Å². The molecule has 11 rings (SSSR count). The highest BCUT2D eigenvalue weighted by Gasteiger charge is 2.19. The maximum absolute atomic E-state index is 9.92. The van der Waals surface area contributed by atoms with Gasteiger partial charge in [-0.25, -0.2) is 9.97 Å². The van der Waals surface area contributed by atoms with Gasteiger partial charge in [-0.15, -0.1) is 0 Å². The average Bonchev–Trinajstić information content (AvgIpc) is 3.82. The first kappa shape index (κ1) is 33.3. The van der Waals surface area contributed by atoms with Gasteiger partial charge in [0.2, 0.25) is 0 Å². The third kappa shape index (κ3) is 5.55. The Labute approximate surface area is 335 Å². The van der Waals surface area contributed by atoms with E-state index >= 15 is 0 Å². The lowest BCUT2D eigenvalue weighted by molar-refractivity contribution is 1.15. The third-order valence-corrected chi connectivity index (χ3v) is 11.1. The number of rotatable bonds is 6. The summed E-state index contributed by atoms with van der Waals surface area (Å²) in [7, 11) is 0. The molecule has 0 saturated carbocycles. The van der Waals surface area contributed by atoms with Gasteiger partial charge in [-0.1, -0.05) is 133 Å². The van der Waals surface area contributed by atoms with Crippen molar-refractivity contribution in [1.82, 2.24) is 19.1 Å². The van der Waals surface area contributed by atoms with Gasteiger partial charge < -0.3 is 9.13 Å².